The van der Waals surface area contributed by atoms with Crippen LogP contribution in [-0.2, 0) is 9.47 Å². The molecule has 1 aromatic carbocycles. The number of carbonyl (C=O) groups excluding carboxylic acids is 1. The maximum absolute atomic E-state index is 11.7. The number of esters is 1. The molecule has 1 fully saturated rings. The first-order valence-corrected chi connectivity index (χ1v) is 9.24. The van der Waals surface area contributed by atoms with Crippen LogP contribution in [0.3, 0.4) is 0 Å². The van der Waals surface area contributed by atoms with E-state index in [2.05, 4.69) is 18.7 Å². The van der Waals surface area contributed by atoms with E-state index in [4.69, 9.17) is 9.47 Å². The van der Waals surface area contributed by atoms with Gasteiger partial charge in [0.15, 0.2) is 0 Å². The van der Waals surface area contributed by atoms with E-state index in [1.165, 1.54) is 12.1 Å². The molecule has 0 amide bonds. The first kappa shape index (κ1) is 18.8. The van der Waals surface area contributed by atoms with Crippen molar-refractivity contribution in [3.63, 3.8) is 0 Å². The van der Waals surface area contributed by atoms with Gasteiger partial charge in [0, 0.05) is 25.4 Å². The van der Waals surface area contributed by atoms with Crippen LogP contribution < -0.4 is 4.90 Å². The maximum atomic E-state index is 11.7. The molecule has 2 rings (SSSR count). The van der Waals surface area contributed by atoms with Gasteiger partial charge >= 0.3 is 5.97 Å². The Balaban J connectivity index is 1.74. The van der Waals surface area contributed by atoms with Gasteiger partial charge in [-0.15, -0.1) is 0 Å². The molecule has 4 nitrogen and oxygen atoms in total. The van der Waals surface area contributed by atoms with E-state index < -0.39 is 0 Å². The third-order valence-electron chi connectivity index (χ3n) is 4.46. The first-order chi connectivity index (χ1) is 11.6. The second-order valence-electron chi connectivity index (χ2n) is 6.86. The Kier molecular flexibility index (Phi) is 7.57. The van der Waals surface area contributed by atoms with Gasteiger partial charge in [-0.3, -0.25) is 0 Å². The lowest BCUT2D eigenvalue weighted by molar-refractivity contribution is 0.0338. The van der Waals surface area contributed by atoms with Crippen LogP contribution in [0.15, 0.2) is 24.3 Å². The average Bonchev–Trinajstić information content (AvgIpc) is 2.59. The molecule has 0 aromatic heterocycles. The number of hydrogen-bond donors (Lipinski definition) is 0. The van der Waals surface area contributed by atoms with Crippen molar-refractivity contribution in [1.82, 2.24) is 0 Å². The number of nitrogens with zero attached hydrogens (tertiary/aromatic N) is 1. The van der Waals surface area contributed by atoms with E-state index in [1.54, 1.807) is 0 Å². The smallest absolute Gasteiger partial charge is 0.338 e. The number of piperidine rings is 1. The van der Waals surface area contributed by atoms with Crippen molar-refractivity contribution in [2.24, 2.45) is 5.92 Å². The molecular formula is C20H31NO3. The van der Waals surface area contributed by atoms with Crippen molar-refractivity contribution < 1.29 is 14.3 Å². The summed E-state index contributed by atoms with van der Waals surface area (Å²) in [5.41, 5.74) is 1.78. The summed E-state index contributed by atoms with van der Waals surface area (Å²) in [5, 5.41) is 0. The van der Waals surface area contributed by atoms with Crippen molar-refractivity contribution in [3.8, 4) is 0 Å². The zero-order chi connectivity index (χ0) is 17.4. The summed E-state index contributed by atoms with van der Waals surface area (Å²) in [7, 11) is 0. The van der Waals surface area contributed by atoms with Crippen molar-refractivity contribution in [2.45, 2.75) is 52.6 Å². The Morgan fingerprint density at radius 1 is 1.21 bits per heavy atom. The lowest BCUT2D eigenvalue weighted by atomic mass is 10.1. The molecule has 1 heterocycles. The average molecular weight is 333 g/mol. The largest absolute Gasteiger partial charge is 0.462 e. The van der Waals surface area contributed by atoms with Crippen LogP contribution in [0, 0.1) is 5.92 Å². The molecule has 0 radical (unpaired) electrons. The lowest BCUT2D eigenvalue weighted by Crippen LogP contribution is -2.37. The quantitative estimate of drug-likeness (QED) is 0.525. The number of benzene rings is 1. The van der Waals surface area contributed by atoms with Crippen LogP contribution in [0.5, 0.6) is 0 Å². The first-order valence-electron chi connectivity index (χ1n) is 9.24. The molecule has 134 valence electrons. The van der Waals surface area contributed by atoms with Gasteiger partial charge < -0.3 is 14.4 Å². The van der Waals surface area contributed by atoms with Crippen molar-refractivity contribution >= 4 is 11.7 Å². The van der Waals surface area contributed by atoms with Crippen LogP contribution in [0.25, 0.3) is 0 Å². The molecule has 1 saturated heterocycles. The summed E-state index contributed by atoms with van der Waals surface area (Å²) in [6.07, 6.45) is 4.94. The maximum Gasteiger partial charge on any atom is 0.338 e. The number of anilines is 1. The molecule has 1 aromatic rings. The van der Waals surface area contributed by atoms with Gasteiger partial charge in [-0.2, -0.15) is 0 Å². The number of hydrogen-bond acceptors (Lipinski definition) is 4. The summed E-state index contributed by atoms with van der Waals surface area (Å²) in [4.78, 5) is 14.1. The van der Waals surface area contributed by atoms with Crippen molar-refractivity contribution in [1.29, 1.82) is 0 Å². The fourth-order valence-corrected chi connectivity index (χ4v) is 3.05. The van der Waals surface area contributed by atoms with Crippen molar-refractivity contribution in [2.75, 3.05) is 31.2 Å². The van der Waals surface area contributed by atoms with Crippen LogP contribution in [0.1, 0.15) is 56.8 Å². The minimum Gasteiger partial charge on any atom is -0.462 e. The van der Waals surface area contributed by atoms with E-state index in [9.17, 15) is 4.79 Å². The van der Waals surface area contributed by atoms with E-state index in [-0.39, 0.29) is 5.97 Å². The van der Waals surface area contributed by atoms with Gasteiger partial charge in [-0.1, -0.05) is 13.8 Å². The highest BCUT2D eigenvalue weighted by molar-refractivity contribution is 5.89. The van der Waals surface area contributed by atoms with Gasteiger partial charge in [-0.25, -0.2) is 4.79 Å². The molecule has 0 spiro atoms. The van der Waals surface area contributed by atoms with Crippen molar-refractivity contribution in [3.05, 3.63) is 29.8 Å². The van der Waals surface area contributed by atoms with E-state index in [1.807, 2.05) is 31.2 Å². The molecule has 0 N–H and O–H groups in total. The monoisotopic (exact) mass is 333 g/mol. The molecule has 0 bridgehead atoms. The highest BCUT2D eigenvalue weighted by Crippen LogP contribution is 2.22. The van der Waals surface area contributed by atoms with Crippen LogP contribution in [0.4, 0.5) is 5.69 Å². The van der Waals surface area contributed by atoms with Gasteiger partial charge in [0.1, 0.15) is 0 Å². The van der Waals surface area contributed by atoms with E-state index >= 15 is 0 Å². The third kappa shape index (κ3) is 5.82. The summed E-state index contributed by atoms with van der Waals surface area (Å²) in [6.45, 7) is 9.64. The Morgan fingerprint density at radius 2 is 1.88 bits per heavy atom. The molecule has 0 unspecified atom stereocenters. The lowest BCUT2D eigenvalue weighted by Gasteiger charge is -2.33. The van der Waals surface area contributed by atoms with E-state index in [0.717, 1.165) is 44.9 Å². The molecule has 0 aliphatic carbocycles. The fraction of sp³-hybridized carbons (Fsp3) is 0.650. The predicted octanol–water partition coefficient (Wildman–Crippen LogP) is 4.28. The zero-order valence-electron chi connectivity index (χ0n) is 15.3. The molecular weight excluding hydrogens is 302 g/mol. The van der Waals surface area contributed by atoms with Gasteiger partial charge in [0.05, 0.1) is 18.3 Å². The fourth-order valence-electron chi connectivity index (χ4n) is 3.05. The Bertz CT molecular complexity index is 490. The normalized spacial score (nSPS) is 15.8. The molecule has 24 heavy (non-hydrogen) atoms. The number of rotatable bonds is 8. The minimum absolute atomic E-state index is 0.252. The predicted molar refractivity (Wildman–Crippen MR) is 97.7 cm³/mol. The third-order valence-corrected chi connectivity index (χ3v) is 4.46. The molecule has 1 aliphatic rings. The molecule has 4 heteroatoms. The summed E-state index contributed by atoms with van der Waals surface area (Å²) in [6, 6.07) is 7.72. The Morgan fingerprint density at radius 3 is 2.46 bits per heavy atom. The highest BCUT2D eigenvalue weighted by atomic mass is 16.5. The number of carbonyl (C=O) groups is 1. The number of ether oxygens (including phenoxy) is 2. The van der Waals surface area contributed by atoms with E-state index in [0.29, 0.717) is 18.3 Å². The van der Waals surface area contributed by atoms with Crippen LogP contribution >= 0.6 is 0 Å². The summed E-state index contributed by atoms with van der Waals surface area (Å²) >= 11 is 0. The molecule has 0 atom stereocenters. The van der Waals surface area contributed by atoms with Gasteiger partial charge in [-0.05, 0) is 62.8 Å². The van der Waals surface area contributed by atoms with Crippen LogP contribution in [-0.4, -0.2) is 38.4 Å². The zero-order valence-corrected chi connectivity index (χ0v) is 15.3. The topological polar surface area (TPSA) is 38.8 Å². The summed E-state index contributed by atoms with van der Waals surface area (Å²) in [5.74, 6) is 0.505. The Hall–Kier alpha value is -1.55. The summed E-state index contributed by atoms with van der Waals surface area (Å²) < 4.78 is 11.0. The Labute approximate surface area is 146 Å². The van der Waals surface area contributed by atoms with Gasteiger partial charge in [0.2, 0.25) is 0 Å². The highest BCUT2D eigenvalue weighted by Gasteiger charge is 2.20. The second-order valence-corrected chi connectivity index (χ2v) is 6.86. The van der Waals surface area contributed by atoms with Crippen LogP contribution in [0.2, 0.25) is 0 Å². The second kappa shape index (κ2) is 9.67. The standard InChI is InChI=1S/C20H31NO3/c1-4-23-20(22)17-7-9-18(10-8-17)21-13-11-19(12-14-21)24-15-5-6-16(2)3/h7-10,16,19H,4-6,11-15H2,1-3H3. The van der Waals surface area contributed by atoms with Gasteiger partial charge in [0.25, 0.3) is 0 Å². The molecule has 0 saturated carbocycles. The minimum atomic E-state index is -0.252. The SMILES string of the molecule is CCOC(=O)c1ccc(N2CCC(OCCCC(C)C)CC2)cc1. The molecule has 1 aliphatic heterocycles.